The third kappa shape index (κ3) is 1.63. The van der Waals surface area contributed by atoms with Gasteiger partial charge in [-0.3, -0.25) is 4.79 Å². The lowest BCUT2D eigenvalue weighted by Crippen LogP contribution is -2.49. The zero-order chi connectivity index (χ0) is 10.9. The molecule has 1 aliphatic carbocycles. The van der Waals surface area contributed by atoms with Crippen LogP contribution in [0.25, 0.3) is 0 Å². The highest BCUT2D eigenvalue weighted by Crippen LogP contribution is 2.41. The lowest BCUT2D eigenvalue weighted by molar-refractivity contribution is -0.143. The molecule has 1 saturated carbocycles. The number of hydrogen-bond donors (Lipinski definition) is 2. The number of benzene rings is 1. The van der Waals surface area contributed by atoms with Gasteiger partial charge in [-0.25, -0.2) is 0 Å². The lowest BCUT2D eigenvalue weighted by atomic mass is 9.83. The topological polar surface area (TPSA) is 63.3 Å². The van der Waals surface area contributed by atoms with Gasteiger partial charge in [-0.15, -0.1) is 0 Å². The van der Waals surface area contributed by atoms with E-state index in [4.69, 9.17) is 5.73 Å². The standard InChI is InChI=1S/C12H15NO2/c13-12(11(14)15)8-4-7-10(12)9-5-2-1-3-6-9/h1-3,5-6,10H,4,7-8,13H2,(H,14,15)/t10-,12+/m1/s1. The summed E-state index contributed by atoms with van der Waals surface area (Å²) in [5.41, 5.74) is 5.95. The fourth-order valence-corrected chi connectivity index (χ4v) is 2.44. The first-order valence-electron chi connectivity index (χ1n) is 5.22. The average Bonchev–Trinajstić information content (AvgIpc) is 2.63. The van der Waals surface area contributed by atoms with Crippen molar-refractivity contribution in [1.82, 2.24) is 0 Å². The number of aliphatic carboxylic acids is 1. The molecule has 2 rings (SSSR count). The molecule has 0 amide bonds. The van der Waals surface area contributed by atoms with E-state index in [9.17, 15) is 9.90 Å². The Bertz CT molecular complexity index is 363. The van der Waals surface area contributed by atoms with Crippen molar-refractivity contribution < 1.29 is 9.90 Å². The summed E-state index contributed by atoms with van der Waals surface area (Å²) >= 11 is 0. The molecule has 0 heterocycles. The Kier molecular flexibility index (Phi) is 2.49. The molecule has 3 heteroatoms. The fourth-order valence-electron chi connectivity index (χ4n) is 2.44. The first-order valence-corrected chi connectivity index (χ1v) is 5.22. The SMILES string of the molecule is N[C@@]1(C(=O)O)CCC[C@@H]1c1ccccc1. The molecule has 1 aliphatic rings. The van der Waals surface area contributed by atoms with Crippen LogP contribution < -0.4 is 5.73 Å². The second-order valence-electron chi connectivity index (χ2n) is 4.20. The van der Waals surface area contributed by atoms with Crippen molar-refractivity contribution in [3.8, 4) is 0 Å². The van der Waals surface area contributed by atoms with E-state index >= 15 is 0 Å². The van der Waals surface area contributed by atoms with E-state index in [0.29, 0.717) is 6.42 Å². The molecule has 0 unspecified atom stereocenters. The van der Waals surface area contributed by atoms with Crippen molar-refractivity contribution in [2.45, 2.75) is 30.7 Å². The molecular formula is C12H15NO2. The molecule has 1 fully saturated rings. The quantitative estimate of drug-likeness (QED) is 0.773. The van der Waals surface area contributed by atoms with Gasteiger partial charge < -0.3 is 10.8 Å². The summed E-state index contributed by atoms with van der Waals surface area (Å²) in [5, 5.41) is 9.18. The van der Waals surface area contributed by atoms with E-state index in [1.807, 2.05) is 30.3 Å². The highest BCUT2D eigenvalue weighted by molar-refractivity contribution is 5.80. The molecule has 0 aromatic heterocycles. The zero-order valence-electron chi connectivity index (χ0n) is 8.52. The van der Waals surface area contributed by atoms with Crippen molar-refractivity contribution in [2.75, 3.05) is 0 Å². The molecule has 0 bridgehead atoms. The minimum absolute atomic E-state index is 0.0452. The number of rotatable bonds is 2. The summed E-state index contributed by atoms with van der Waals surface area (Å²) in [6, 6.07) is 9.70. The van der Waals surface area contributed by atoms with Crippen LogP contribution in [0.5, 0.6) is 0 Å². The van der Waals surface area contributed by atoms with Crippen LogP contribution in [-0.4, -0.2) is 16.6 Å². The Morgan fingerprint density at radius 1 is 1.40 bits per heavy atom. The summed E-state index contributed by atoms with van der Waals surface area (Å²) in [6.45, 7) is 0. The van der Waals surface area contributed by atoms with E-state index < -0.39 is 11.5 Å². The van der Waals surface area contributed by atoms with Gasteiger partial charge in [0.05, 0.1) is 0 Å². The fraction of sp³-hybridized carbons (Fsp3) is 0.417. The number of carbonyl (C=O) groups is 1. The first kappa shape index (κ1) is 10.2. The van der Waals surface area contributed by atoms with Crippen molar-refractivity contribution >= 4 is 5.97 Å². The van der Waals surface area contributed by atoms with Crippen molar-refractivity contribution in [1.29, 1.82) is 0 Å². The van der Waals surface area contributed by atoms with E-state index in [0.717, 1.165) is 18.4 Å². The van der Waals surface area contributed by atoms with Crippen molar-refractivity contribution in [2.24, 2.45) is 5.73 Å². The molecule has 1 aromatic carbocycles. The van der Waals surface area contributed by atoms with E-state index in [-0.39, 0.29) is 5.92 Å². The molecule has 80 valence electrons. The number of nitrogens with two attached hydrogens (primary N) is 1. The zero-order valence-corrected chi connectivity index (χ0v) is 8.52. The van der Waals surface area contributed by atoms with Crippen LogP contribution in [0, 0.1) is 0 Å². The Morgan fingerprint density at radius 3 is 2.67 bits per heavy atom. The van der Waals surface area contributed by atoms with E-state index in [1.165, 1.54) is 0 Å². The van der Waals surface area contributed by atoms with Crippen LogP contribution >= 0.6 is 0 Å². The predicted octanol–water partition coefficient (Wildman–Crippen LogP) is 1.74. The average molecular weight is 205 g/mol. The van der Waals surface area contributed by atoms with Crippen LogP contribution in [0.1, 0.15) is 30.7 Å². The molecule has 1 aromatic rings. The molecule has 2 atom stereocenters. The summed E-state index contributed by atoms with van der Waals surface area (Å²) in [4.78, 5) is 11.2. The first-order chi connectivity index (χ1) is 7.14. The smallest absolute Gasteiger partial charge is 0.324 e. The predicted molar refractivity (Wildman–Crippen MR) is 57.6 cm³/mol. The minimum atomic E-state index is -1.07. The number of hydrogen-bond acceptors (Lipinski definition) is 2. The Labute approximate surface area is 88.9 Å². The molecule has 3 N–H and O–H groups in total. The maximum atomic E-state index is 11.2. The normalized spacial score (nSPS) is 30.3. The minimum Gasteiger partial charge on any atom is -0.480 e. The van der Waals surface area contributed by atoms with E-state index in [2.05, 4.69) is 0 Å². The third-order valence-electron chi connectivity index (χ3n) is 3.31. The van der Waals surface area contributed by atoms with Crippen LogP contribution in [0.15, 0.2) is 30.3 Å². The van der Waals surface area contributed by atoms with Crippen molar-refractivity contribution in [3.05, 3.63) is 35.9 Å². The lowest BCUT2D eigenvalue weighted by Gasteiger charge is -2.27. The maximum absolute atomic E-state index is 11.2. The molecule has 0 saturated heterocycles. The van der Waals surface area contributed by atoms with Gasteiger partial charge in [0, 0.05) is 5.92 Å². The van der Waals surface area contributed by atoms with Gasteiger partial charge in [0.15, 0.2) is 0 Å². The van der Waals surface area contributed by atoms with Gasteiger partial charge in [0.2, 0.25) is 0 Å². The highest BCUT2D eigenvalue weighted by atomic mass is 16.4. The van der Waals surface area contributed by atoms with Gasteiger partial charge in [0.1, 0.15) is 5.54 Å². The summed E-state index contributed by atoms with van der Waals surface area (Å²) in [7, 11) is 0. The van der Waals surface area contributed by atoms with Gasteiger partial charge in [-0.05, 0) is 18.4 Å². The second kappa shape index (κ2) is 3.66. The van der Waals surface area contributed by atoms with Crippen LogP contribution in [-0.2, 0) is 4.79 Å². The number of carboxylic acids is 1. The van der Waals surface area contributed by atoms with Crippen molar-refractivity contribution in [3.63, 3.8) is 0 Å². The number of carboxylic acid groups (broad SMARTS) is 1. The Hall–Kier alpha value is -1.35. The third-order valence-corrected chi connectivity index (χ3v) is 3.31. The largest absolute Gasteiger partial charge is 0.480 e. The maximum Gasteiger partial charge on any atom is 0.324 e. The van der Waals surface area contributed by atoms with Crippen LogP contribution in [0.2, 0.25) is 0 Å². The van der Waals surface area contributed by atoms with Crippen LogP contribution in [0.3, 0.4) is 0 Å². The van der Waals surface area contributed by atoms with Gasteiger partial charge in [-0.2, -0.15) is 0 Å². The van der Waals surface area contributed by atoms with Gasteiger partial charge in [0.25, 0.3) is 0 Å². The Morgan fingerprint density at radius 2 is 2.07 bits per heavy atom. The summed E-state index contributed by atoms with van der Waals surface area (Å²) in [5.74, 6) is -0.926. The Balaban J connectivity index is 2.34. The molecular weight excluding hydrogens is 190 g/mol. The molecule has 3 nitrogen and oxygen atoms in total. The van der Waals surface area contributed by atoms with Crippen LogP contribution in [0.4, 0.5) is 0 Å². The molecule has 0 spiro atoms. The highest BCUT2D eigenvalue weighted by Gasteiger charge is 2.46. The van der Waals surface area contributed by atoms with E-state index in [1.54, 1.807) is 0 Å². The van der Waals surface area contributed by atoms with Gasteiger partial charge >= 0.3 is 5.97 Å². The van der Waals surface area contributed by atoms with Gasteiger partial charge in [-0.1, -0.05) is 36.8 Å². The summed E-state index contributed by atoms with van der Waals surface area (Å²) < 4.78 is 0. The second-order valence-corrected chi connectivity index (χ2v) is 4.20. The molecule has 0 radical (unpaired) electrons. The summed E-state index contributed by atoms with van der Waals surface area (Å²) in [6.07, 6.45) is 2.33. The molecule has 15 heavy (non-hydrogen) atoms. The molecule has 0 aliphatic heterocycles. The monoisotopic (exact) mass is 205 g/mol.